The Bertz CT molecular complexity index is 822. The molecule has 0 saturated carbocycles. The summed E-state index contributed by atoms with van der Waals surface area (Å²) in [5.41, 5.74) is 2.56. The van der Waals surface area contributed by atoms with Crippen molar-refractivity contribution in [3.63, 3.8) is 0 Å². The van der Waals surface area contributed by atoms with Gasteiger partial charge in [0.15, 0.2) is 0 Å². The molecule has 0 aromatic heterocycles. The first-order valence-electron chi connectivity index (χ1n) is 8.25. The van der Waals surface area contributed by atoms with Crippen LogP contribution in [0.2, 0.25) is 0 Å². The van der Waals surface area contributed by atoms with Crippen molar-refractivity contribution in [3.05, 3.63) is 58.1 Å². The van der Waals surface area contributed by atoms with Gasteiger partial charge in [-0.3, -0.25) is 4.79 Å². The number of ether oxygens (including phenoxy) is 2. The van der Waals surface area contributed by atoms with Crippen molar-refractivity contribution in [2.45, 2.75) is 26.2 Å². The summed E-state index contributed by atoms with van der Waals surface area (Å²) in [6, 6.07) is 11.5. The maximum atomic E-state index is 12.4. The van der Waals surface area contributed by atoms with Gasteiger partial charge in [0.05, 0.1) is 19.9 Å². The van der Waals surface area contributed by atoms with Crippen LogP contribution in [0.15, 0.2) is 46.9 Å². The Morgan fingerprint density at radius 3 is 2.31 bits per heavy atom. The number of halogens is 1. The fourth-order valence-electron chi connectivity index (χ4n) is 2.45. The average Bonchev–Trinajstić information content (AvgIpc) is 2.59. The van der Waals surface area contributed by atoms with Crippen molar-refractivity contribution in [1.29, 1.82) is 0 Å². The second-order valence-electron chi connectivity index (χ2n) is 6.87. The third kappa shape index (κ3) is 5.11. The van der Waals surface area contributed by atoms with E-state index in [1.165, 1.54) is 6.08 Å². The number of benzene rings is 2. The van der Waals surface area contributed by atoms with Gasteiger partial charge in [0, 0.05) is 16.1 Å². The fraction of sp³-hybridized carbons (Fsp3) is 0.286. The first kappa shape index (κ1) is 20.0. The van der Waals surface area contributed by atoms with Crippen LogP contribution in [0.1, 0.15) is 31.9 Å². The molecule has 0 unspecified atom stereocenters. The largest absolute Gasteiger partial charge is 0.496 e. The predicted molar refractivity (Wildman–Crippen MR) is 110 cm³/mol. The van der Waals surface area contributed by atoms with Crippen LogP contribution < -0.4 is 14.8 Å². The Labute approximate surface area is 163 Å². The van der Waals surface area contributed by atoms with Crippen LogP contribution >= 0.6 is 15.9 Å². The van der Waals surface area contributed by atoms with E-state index in [-0.39, 0.29) is 11.3 Å². The van der Waals surface area contributed by atoms with E-state index in [2.05, 4.69) is 42.0 Å². The summed E-state index contributed by atoms with van der Waals surface area (Å²) in [5, 5.41) is 2.89. The van der Waals surface area contributed by atoms with Crippen LogP contribution in [0, 0.1) is 0 Å². The van der Waals surface area contributed by atoms with Crippen molar-refractivity contribution >= 4 is 33.6 Å². The van der Waals surface area contributed by atoms with Gasteiger partial charge in [-0.15, -0.1) is 0 Å². The zero-order valence-corrected chi connectivity index (χ0v) is 17.3. The minimum absolute atomic E-state index is 0.0225. The predicted octanol–water partition coefficient (Wildman–Crippen LogP) is 5.42. The Kier molecular flexibility index (Phi) is 6.48. The molecule has 0 aliphatic carbocycles. The third-order valence-corrected chi connectivity index (χ3v) is 4.42. The van der Waals surface area contributed by atoms with Gasteiger partial charge in [-0.25, -0.2) is 0 Å². The number of anilines is 1. The number of carbonyl (C=O) groups is 1. The highest BCUT2D eigenvalue weighted by Gasteiger charge is 2.16. The van der Waals surface area contributed by atoms with E-state index in [0.717, 1.165) is 15.6 Å². The maximum absolute atomic E-state index is 12.4. The fourth-order valence-corrected chi connectivity index (χ4v) is 2.83. The van der Waals surface area contributed by atoms with Crippen LogP contribution in [0.3, 0.4) is 0 Å². The molecule has 0 spiro atoms. The van der Waals surface area contributed by atoms with Crippen molar-refractivity contribution in [2.75, 3.05) is 19.5 Å². The summed E-state index contributed by atoms with van der Waals surface area (Å²) in [4.78, 5) is 12.4. The minimum atomic E-state index is -0.239. The quantitative estimate of drug-likeness (QED) is 0.660. The molecule has 5 heteroatoms. The van der Waals surface area contributed by atoms with Gasteiger partial charge in [-0.1, -0.05) is 42.8 Å². The van der Waals surface area contributed by atoms with Gasteiger partial charge >= 0.3 is 0 Å². The molecule has 138 valence electrons. The second kappa shape index (κ2) is 8.41. The van der Waals surface area contributed by atoms with E-state index in [1.54, 1.807) is 20.3 Å². The molecule has 1 amide bonds. The van der Waals surface area contributed by atoms with Crippen LogP contribution in [0.25, 0.3) is 6.08 Å². The monoisotopic (exact) mass is 417 g/mol. The SMILES string of the molecule is COc1ccc(Br)cc1/C=C/C(=O)Nc1cc(C(C)(C)C)ccc1OC. The minimum Gasteiger partial charge on any atom is -0.496 e. The normalized spacial score (nSPS) is 11.5. The van der Waals surface area contributed by atoms with E-state index in [4.69, 9.17) is 9.47 Å². The van der Waals surface area contributed by atoms with Crippen molar-refractivity contribution in [3.8, 4) is 11.5 Å². The van der Waals surface area contributed by atoms with Gasteiger partial charge in [-0.2, -0.15) is 0 Å². The van der Waals surface area contributed by atoms with Crippen LogP contribution in [-0.2, 0) is 10.2 Å². The smallest absolute Gasteiger partial charge is 0.248 e. The zero-order chi connectivity index (χ0) is 19.3. The lowest BCUT2D eigenvalue weighted by Gasteiger charge is -2.21. The standard InChI is InChI=1S/C21H24BrNO3/c1-21(2,3)15-7-9-19(26-5)17(13-15)23-20(24)11-6-14-12-16(22)8-10-18(14)25-4/h6-13H,1-5H3,(H,23,24)/b11-6+. The molecule has 0 bridgehead atoms. The van der Waals surface area contributed by atoms with Gasteiger partial charge in [0.25, 0.3) is 0 Å². The number of hydrogen-bond donors (Lipinski definition) is 1. The lowest BCUT2D eigenvalue weighted by Crippen LogP contribution is -2.14. The molecular formula is C21H24BrNO3. The summed E-state index contributed by atoms with van der Waals surface area (Å²) < 4.78 is 11.6. The Hall–Kier alpha value is -2.27. The molecule has 0 atom stereocenters. The van der Waals surface area contributed by atoms with E-state index in [9.17, 15) is 4.79 Å². The highest BCUT2D eigenvalue weighted by Crippen LogP contribution is 2.31. The van der Waals surface area contributed by atoms with Gasteiger partial charge in [0.1, 0.15) is 11.5 Å². The van der Waals surface area contributed by atoms with E-state index < -0.39 is 0 Å². The molecule has 0 aliphatic rings. The van der Waals surface area contributed by atoms with Crippen LogP contribution in [-0.4, -0.2) is 20.1 Å². The van der Waals surface area contributed by atoms with Gasteiger partial charge in [-0.05, 0) is 47.4 Å². The molecular weight excluding hydrogens is 394 g/mol. The van der Waals surface area contributed by atoms with Crippen LogP contribution in [0.5, 0.6) is 11.5 Å². The highest BCUT2D eigenvalue weighted by atomic mass is 79.9. The van der Waals surface area contributed by atoms with Crippen molar-refractivity contribution in [1.82, 2.24) is 0 Å². The highest BCUT2D eigenvalue weighted by molar-refractivity contribution is 9.10. The lowest BCUT2D eigenvalue weighted by molar-refractivity contribution is -0.111. The third-order valence-electron chi connectivity index (χ3n) is 3.93. The second-order valence-corrected chi connectivity index (χ2v) is 7.79. The van der Waals surface area contributed by atoms with E-state index in [0.29, 0.717) is 17.2 Å². The molecule has 0 aliphatic heterocycles. The molecule has 0 radical (unpaired) electrons. The molecule has 2 aromatic rings. The number of nitrogens with one attached hydrogen (secondary N) is 1. The summed E-state index contributed by atoms with van der Waals surface area (Å²) >= 11 is 3.43. The molecule has 0 saturated heterocycles. The lowest BCUT2D eigenvalue weighted by atomic mass is 9.87. The first-order chi connectivity index (χ1) is 12.2. The van der Waals surface area contributed by atoms with E-state index >= 15 is 0 Å². The molecule has 2 rings (SSSR count). The summed E-state index contributed by atoms with van der Waals surface area (Å²) in [5.74, 6) is 1.08. The van der Waals surface area contributed by atoms with Gasteiger partial charge in [0.2, 0.25) is 5.91 Å². The van der Waals surface area contributed by atoms with Crippen molar-refractivity contribution in [2.24, 2.45) is 0 Å². The van der Waals surface area contributed by atoms with E-state index in [1.807, 2.05) is 36.4 Å². The topological polar surface area (TPSA) is 47.6 Å². The number of rotatable bonds is 5. The summed E-state index contributed by atoms with van der Waals surface area (Å²) in [6.45, 7) is 6.37. The first-order valence-corrected chi connectivity index (χ1v) is 9.05. The van der Waals surface area contributed by atoms with Gasteiger partial charge < -0.3 is 14.8 Å². The Morgan fingerprint density at radius 2 is 1.69 bits per heavy atom. The molecule has 2 aromatic carbocycles. The zero-order valence-electron chi connectivity index (χ0n) is 15.7. The molecule has 0 fully saturated rings. The Morgan fingerprint density at radius 1 is 1.04 bits per heavy atom. The maximum Gasteiger partial charge on any atom is 0.248 e. The Balaban J connectivity index is 2.23. The van der Waals surface area contributed by atoms with Crippen LogP contribution in [0.4, 0.5) is 5.69 Å². The summed E-state index contributed by atoms with van der Waals surface area (Å²) in [6.07, 6.45) is 3.20. The van der Waals surface area contributed by atoms with Crippen molar-refractivity contribution < 1.29 is 14.3 Å². The molecule has 0 heterocycles. The molecule has 26 heavy (non-hydrogen) atoms. The number of hydrogen-bond acceptors (Lipinski definition) is 3. The number of methoxy groups -OCH3 is 2. The number of amides is 1. The average molecular weight is 418 g/mol. The molecule has 4 nitrogen and oxygen atoms in total. The summed E-state index contributed by atoms with van der Waals surface area (Å²) in [7, 11) is 3.19. The number of carbonyl (C=O) groups excluding carboxylic acids is 1. The molecule has 1 N–H and O–H groups in total.